The quantitative estimate of drug-likeness (QED) is 0.492. The Labute approximate surface area is 174 Å². The summed E-state index contributed by atoms with van der Waals surface area (Å²) in [4.78, 5) is 16.7. The van der Waals surface area contributed by atoms with Crippen LogP contribution in [0.3, 0.4) is 0 Å². The van der Waals surface area contributed by atoms with Crippen LogP contribution in [0.15, 0.2) is 42.5 Å². The maximum absolute atomic E-state index is 12.1. The van der Waals surface area contributed by atoms with E-state index in [1.807, 2.05) is 18.2 Å². The van der Waals surface area contributed by atoms with Crippen LogP contribution in [0.5, 0.6) is 11.5 Å². The number of fused-ring (bicyclic) bond motifs is 1. The van der Waals surface area contributed by atoms with Gasteiger partial charge in [0.05, 0.1) is 35.5 Å². The average molecular weight is 415 g/mol. The number of para-hydroxylation sites is 1. The van der Waals surface area contributed by atoms with Crippen molar-refractivity contribution in [3.63, 3.8) is 0 Å². The van der Waals surface area contributed by atoms with Gasteiger partial charge in [-0.25, -0.2) is 4.98 Å². The summed E-state index contributed by atoms with van der Waals surface area (Å²) in [5, 5.41) is 14.3. The second kappa shape index (κ2) is 10.2. The van der Waals surface area contributed by atoms with Gasteiger partial charge in [0.2, 0.25) is 5.91 Å². The summed E-state index contributed by atoms with van der Waals surface area (Å²) < 4.78 is 11.7. The van der Waals surface area contributed by atoms with Crippen molar-refractivity contribution in [2.24, 2.45) is 0 Å². The first kappa shape index (κ1) is 21.1. The second-order valence-corrected chi connectivity index (χ2v) is 7.83. The number of methoxy groups -OCH3 is 2. The zero-order valence-corrected chi connectivity index (χ0v) is 17.5. The van der Waals surface area contributed by atoms with Gasteiger partial charge in [-0.15, -0.1) is 11.3 Å². The van der Waals surface area contributed by atoms with Crippen molar-refractivity contribution in [1.82, 2.24) is 10.3 Å². The Bertz CT molecular complexity index is 924. The zero-order chi connectivity index (χ0) is 20.6. The molecule has 0 fully saturated rings. The summed E-state index contributed by atoms with van der Waals surface area (Å²) in [6.45, 7) is 0.125. The molecule has 0 spiro atoms. The fourth-order valence-corrected chi connectivity index (χ4v) is 4.11. The van der Waals surface area contributed by atoms with Gasteiger partial charge in [0.1, 0.15) is 11.5 Å². The van der Waals surface area contributed by atoms with Crippen LogP contribution in [0.1, 0.15) is 35.9 Å². The molecule has 1 atom stereocenters. The summed E-state index contributed by atoms with van der Waals surface area (Å²) in [5.74, 6) is 1.11. The number of hydrogen-bond donors (Lipinski definition) is 2. The number of aliphatic hydroxyl groups is 1. The van der Waals surface area contributed by atoms with Crippen molar-refractivity contribution >= 4 is 27.5 Å². The molecule has 0 saturated heterocycles. The predicted molar refractivity (Wildman–Crippen MR) is 115 cm³/mol. The van der Waals surface area contributed by atoms with Gasteiger partial charge in [-0.2, -0.15) is 0 Å². The van der Waals surface area contributed by atoms with E-state index in [-0.39, 0.29) is 12.5 Å². The van der Waals surface area contributed by atoms with Gasteiger partial charge < -0.3 is 19.9 Å². The van der Waals surface area contributed by atoms with Crippen LogP contribution in [0.2, 0.25) is 0 Å². The van der Waals surface area contributed by atoms with Gasteiger partial charge in [-0.1, -0.05) is 12.1 Å². The minimum Gasteiger partial charge on any atom is -0.497 e. The fraction of sp³-hybridized carbons (Fsp3) is 0.364. The molecule has 29 heavy (non-hydrogen) atoms. The number of hydrogen-bond acceptors (Lipinski definition) is 6. The highest BCUT2D eigenvalue weighted by atomic mass is 32.1. The Kier molecular flexibility index (Phi) is 7.43. The topological polar surface area (TPSA) is 80.7 Å². The fourth-order valence-electron chi connectivity index (χ4n) is 3.10. The molecule has 0 aliphatic heterocycles. The first-order valence-electron chi connectivity index (χ1n) is 9.62. The van der Waals surface area contributed by atoms with Gasteiger partial charge in [-0.05, 0) is 49.6 Å². The van der Waals surface area contributed by atoms with Crippen molar-refractivity contribution in [1.29, 1.82) is 0 Å². The van der Waals surface area contributed by atoms with Crippen LogP contribution in [-0.2, 0) is 11.2 Å². The number of unbranched alkanes of at least 4 members (excludes halogenated alkanes) is 1. The van der Waals surface area contributed by atoms with Crippen LogP contribution in [0.25, 0.3) is 10.2 Å². The van der Waals surface area contributed by atoms with E-state index in [1.54, 1.807) is 43.8 Å². The van der Waals surface area contributed by atoms with Crippen LogP contribution < -0.4 is 14.8 Å². The lowest BCUT2D eigenvalue weighted by molar-refractivity contribution is -0.121. The van der Waals surface area contributed by atoms with Crippen molar-refractivity contribution in [3.8, 4) is 11.5 Å². The maximum atomic E-state index is 12.1. The summed E-state index contributed by atoms with van der Waals surface area (Å²) >= 11 is 1.71. The maximum Gasteiger partial charge on any atom is 0.220 e. The van der Waals surface area contributed by atoms with Crippen molar-refractivity contribution in [2.75, 3.05) is 20.8 Å². The molecule has 2 N–H and O–H groups in total. The number of amides is 1. The molecule has 2 aromatic carbocycles. The van der Waals surface area contributed by atoms with E-state index in [1.165, 1.54) is 4.70 Å². The van der Waals surface area contributed by atoms with Gasteiger partial charge in [0, 0.05) is 18.5 Å². The zero-order valence-electron chi connectivity index (χ0n) is 16.7. The summed E-state index contributed by atoms with van der Waals surface area (Å²) in [6.07, 6.45) is 2.11. The van der Waals surface area contributed by atoms with Gasteiger partial charge in [0.15, 0.2) is 0 Å². The minimum atomic E-state index is -0.869. The number of aromatic nitrogens is 1. The van der Waals surface area contributed by atoms with Gasteiger partial charge in [-0.3, -0.25) is 4.79 Å². The number of carbonyl (C=O) groups is 1. The monoisotopic (exact) mass is 414 g/mol. The first-order chi connectivity index (χ1) is 14.1. The number of benzene rings is 2. The molecule has 1 heterocycles. The lowest BCUT2D eigenvalue weighted by Crippen LogP contribution is -2.28. The van der Waals surface area contributed by atoms with E-state index in [9.17, 15) is 9.90 Å². The molecule has 0 saturated carbocycles. The third-order valence-electron chi connectivity index (χ3n) is 4.67. The number of nitrogens with zero attached hydrogens (tertiary/aromatic N) is 1. The SMILES string of the molecule is COc1ccc(OC)c(C(O)CNC(=O)CCCCc2nc3ccccc3s2)c1. The smallest absolute Gasteiger partial charge is 0.220 e. The van der Waals surface area contributed by atoms with E-state index in [2.05, 4.69) is 16.4 Å². The van der Waals surface area contributed by atoms with Crippen molar-refractivity contribution < 1.29 is 19.4 Å². The summed E-state index contributed by atoms with van der Waals surface area (Å²) in [6, 6.07) is 13.3. The highest BCUT2D eigenvalue weighted by Crippen LogP contribution is 2.29. The number of aliphatic hydroxyl groups excluding tert-OH is 1. The van der Waals surface area contributed by atoms with Gasteiger partial charge >= 0.3 is 0 Å². The number of carbonyl (C=O) groups excluding carboxylic acids is 1. The highest BCUT2D eigenvalue weighted by Gasteiger charge is 2.15. The minimum absolute atomic E-state index is 0.0739. The van der Waals surface area contributed by atoms with Crippen LogP contribution in [0, 0.1) is 0 Å². The van der Waals surface area contributed by atoms with Crippen LogP contribution in [-0.4, -0.2) is 36.8 Å². The standard InChI is InChI=1S/C22H26N2O4S/c1-27-15-11-12-19(28-2)16(13-15)18(25)14-23-21(26)9-5-6-10-22-24-17-7-3-4-8-20(17)29-22/h3-4,7-8,11-13,18,25H,5-6,9-10,14H2,1-2H3,(H,23,26). The van der Waals surface area contributed by atoms with Crippen molar-refractivity contribution in [2.45, 2.75) is 31.8 Å². The molecule has 7 heteroatoms. The Hall–Kier alpha value is -2.64. The van der Waals surface area contributed by atoms with Crippen LogP contribution in [0.4, 0.5) is 0 Å². The summed E-state index contributed by atoms with van der Waals surface area (Å²) in [5.41, 5.74) is 1.62. The van der Waals surface area contributed by atoms with E-state index >= 15 is 0 Å². The lowest BCUT2D eigenvalue weighted by Gasteiger charge is -2.16. The van der Waals surface area contributed by atoms with E-state index < -0.39 is 6.10 Å². The first-order valence-corrected chi connectivity index (χ1v) is 10.4. The Balaban J connectivity index is 1.41. The Morgan fingerprint density at radius 1 is 1.17 bits per heavy atom. The average Bonchev–Trinajstić information content (AvgIpc) is 3.17. The second-order valence-electron chi connectivity index (χ2n) is 6.71. The number of nitrogens with one attached hydrogen (secondary N) is 1. The molecule has 3 aromatic rings. The molecule has 0 bridgehead atoms. The number of rotatable bonds is 10. The largest absolute Gasteiger partial charge is 0.497 e. The Morgan fingerprint density at radius 2 is 2.00 bits per heavy atom. The lowest BCUT2D eigenvalue weighted by atomic mass is 10.1. The molecule has 6 nitrogen and oxygen atoms in total. The highest BCUT2D eigenvalue weighted by molar-refractivity contribution is 7.18. The molecule has 0 radical (unpaired) electrons. The van der Waals surface area contributed by atoms with Crippen LogP contribution >= 0.6 is 11.3 Å². The van der Waals surface area contributed by atoms with E-state index in [4.69, 9.17) is 9.47 Å². The predicted octanol–water partition coefficient (Wildman–Crippen LogP) is 3.88. The molecule has 0 aliphatic rings. The molecule has 154 valence electrons. The number of aryl methyl sites for hydroxylation is 1. The van der Waals surface area contributed by atoms with E-state index in [0.29, 0.717) is 23.5 Å². The Morgan fingerprint density at radius 3 is 2.76 bits per heavy atom. The third-order valence-corrected chi connectivity index (χ3v) is 5.77. The summed E-state index contributed by atoms with van der Waals surface area (Å²) in [7, 11) is 3.11. The molecule has 1 unspecified atom stereocenters. The number of ether oxygens (including phenoxy) is 2. The van der Waals surface area contributed by atoms with E-state index in [0.717, 1.165) is 29.8 Å². The molecule has 3 rings (SSSR count). The van der Waals surface area contributed by atoms with Gasteiger partial charge in [0.25, 0.3) is 0 Å². The van der Waals surface area contributed by atoms with Crippen molar-refractivity contribution in [3.05, 3.63) is 53.0 Å². The number of thiazole rings is 1. The molecule has 1 aromatic heterocycles. The molecule has 0 aliphatic carbocycles. The molecular formula is C22H26N2O4S. The molecular weight excluding hydrogens is 388 g/mol. The molecule has 1 amide bonds. The normalized spacial score (nSPS) is 12.0. The third kappa shape index (κ3) is 5.68.